The number of rotatable bonds is 14. The molecule has 1 amide bonds. The molecule has 0 radical (unpaired) electrons. The van der Waals surface area contributed by atoms with Crippen LogP contribution in [0.25, 0.3) is 10.9 Å². The van der Waals surface area contributed by atoms with Crippen molar-refractivity contribution in [3.63, 3.8) is 0 Å². The molecule has 2 fully saturated rings. The lowest BCUT2D eigenvalue weighted by Gasteiger charge is -2.31. The number of ether oxygens (including phenoxy) is 6. The Morgan fingerprint density at radius 2 is 1.81 bits per heavy atom. The predicted molar refractivity (Wildman–Crippen MR) is 189 cm³/mol. The molecule has 0 aliphatic carbocycles. The number of sulfonamides is 1. The minimum Gasteiger partial charge on any atom is -0.487 e. The van der Waals surface area contributed by atoms with Crippen LogP contribution in [0.3, 0.4) is 0 Å². The average Bonchev–Trinajstić information content (AvgIpc) is 3.89. The molecule has 276 valence electrons. The van der Waals surface area contributed by atoms with Crippen molar-refractivity contribution in [1.29, 1.82) is 0 Å². The van der Waals surface area contributed by atoms with Gasteiger partial charge in [0.2, 0.25) is 16.8 Å². The van der Waals surface area contributed by atoms with Crippen molar-refractivity contribution in [3.05, 3.63) is 90.1 Å². The van der Waals surface area contributed by atoms with Gasteiger partial charge in [-0.05, 0) is 60.7 Å². The summed E-state index contributed by atoms with van der Waals surface area (Å²) in [6.07, 6.45) is -2.05. The van der Waals surface area contributed by atoms with E-state index in [4.69, 9.17) is 28.4 Å². The number of carbonyl (C=O) groups is 1. The Bertz CT molecular complexity index is 1980. The van der Waals surface area contributed by atoms with Gasteiger partial charge < -0.3 is 38.8 Å². The van der Waals surface area contributed by atoms with Gasteiger partial charge in [0.05, 0.1) is 47.4 Å². The van der Waals surface area contributed by atoms with E-state index >= 15 is 0 Å². The Morgan fingerprint density at radius 1 is 1.00 bits per heavy atom. The van der Waals surface area contributed by atoms with Crippen LogP contribution < -0.4 is 19.5 Å². The maximum atomic E-state index is 14.0. The third kappa shape index (κ3) is 8.26. The van der Waals surface area contributed by atoms with E-state index in [-0.39, 0.29) is 56.2 Å². The van der Waals surface area contributed by atoms with Crippen LogP contribution in [-0.4, -0.2) is 86.5 Å². The van der Waals surface area contributed by atoms with E-state index in [1.807, 2.05) is 74.5 Å². The molecule has 4 aromatic rings. The van der Waals surface area contributed by atoms with Crippen LogP contribution in [0.2, 0.25) is 0 Å². The molecule has 0 unspecified atom stereocenters. The van der Waals surface area contributed by atoms with Crippen LogP contribution in [-0.2, 0) is 37.3 Å². The number of alkyl carbamates (subject to hydrolysis) is 1. The molecule has 3 aromatic carbocycles. The summed E-state index contributed by atoms with van der Waals surface area (Å²) in [6, 6.07) is 22.6. The molecule has 2 saturated heterocycles. The van der Waals surface area contributed by atoms with Gasteiger partial charge in [0.25, 0.3) is 0 Å². The van der Waals surface area contributed by atoms with Gasteiger partial charge >= 0.3 is 6.09 Å². The van der Waals surface area contributed by atoms with E-state index < -0.39 is 40.7 Å². The Kier molecular flexibility index (Phi) is 10.8. The molecule has 0 spiro atoms. The molecule has 3 aliphatic rings. The van der Waals surface area contributed by atoms with E-state index in [2.05, 4.69) is 10.3 Å². The second-order valence-corrected chi connectivity index (χ2v) is 15.6. The van der Waals surface area contributed by atoms with Crippen molar-refractivity contribution in [2.45, 2.75) is 62.7 Å². The number of para-hydroxylation sites is 1. The fourth-order valence-corrected chi connectivity index (χ4v) is 8.31. The van der Waals surface area contributed by atoms with Gasteiger partial charge in [-0.15, -0.1) is 0 Å². The standard InChI is InChI=1S/C38H43N3O10S/c1-24(2)19-41(52(44,45)29-13-14-34-35(18-29)50-23-49-34)20-33(42)32(40-38(43)51-36-22-48-37-30(36)15-16-46-37)17-25-7-11-28(12-8-25)47-21-27-10-9-26-5-3-4-6-31(26)39-27/h3-14,18,24,30,32-33,36-37,42H,15-17,19-23H2,1-2H3,(H,40,43)/t30-,32-,33+,36-,37+/m0/s1. The van der Waals surface area contributed by atoms with Crippen LogP contribution in [0.15, 0.2) is 83.8 Å². The van der Waals surface area contributed by atoms with Crippen LogP contribution in [0.5, 0.6) is 17.2 Å². The molecule has 0 saturated carbocycles. The first-order valence-corrected chi connectivity index (χ1v) is 18.9. The van der Waals surface area contributed by atoms with Gasteiger partial charge in [-0.25, -0.2) is 18.2 Å². The lowest BCUT2D eigenvalue weighted by atomic mass is 10.0. The van der Waals surface area contributed by atoms with Gasteiger partial charge in [0, 0.05) is 24.5 Å². The summed E-state index contributed by atoms with van der Waals surface area (Å²) >= 11 is 0. The molecular formula is C38H43N3O10S. The smallest absolute Gasteiger partial charge is 0.407 e. The van der Waals surface area contributed by atoms with E-state index in [0.717, 1.165) is 22.2 Å². The highest BCUT2D eigenvalue weighted by atomic mass is 32.2. The second kappa shape index (κ2) is 15.6. The van der Waals surface area contributed by atoms with E-state index in [1.54, 1.807) is 6.07 Å². The van der Waals surface area contributed by atoms with Crippen molar-refractivity contribution >= 4 is 27.0 Å². The summed E-state index contributed by atoms with van der Waals surface area (Å²) in [7, 11) is -4.08. The predicted octanol–water partition coefficient (Wildman–Crippen LogP) is 4.65. The highest BCUT2D eigenvalue weighted by molar-refractivity contribution is 7.89. The van der Waals surface area contributed by atoms with Crippen molar-refractivity contribution < 1.29 is 46.7 Å². The van der Waals surface area contributed by atoms with Crippen molar-refractivity contribution in [2.75, 3.05) is 33.1 Å². The minimum atomic E-state index is -4.08. The number of aliphatic hydroxyl groups is 1. The van der Waals surface area contributed by atoms with E-state index in [1.165, 1.54) is 16.4 Å². The summed E-state index contributed by atoms with van der Waals surface area (Å²) in [4.78, 5) is 18.0. The molecule has 52 heavy (non-hydrogen) atoms. The topological polar surface area (TPSA) is 155 Å². The van der Waals surface area contributed by atoms with Gasteiger partial charge in [-0.3, -0.25) is 0 Å². The van der Waals surface area contributed by atoms with Crippen LogP contribution in [0, 0.1) is 11.8 Å². The van der Waals surface area contributed by atoms with Crippen LogP contribution in [0.4, 0.5) is 4.79 Å². The molecule has 3 aliphatic heterocycles. The third-order valence-electron chi connectivity index (χ3n) is 9.37. The SMILES string of the molecule is CC(C)CN(C[C@@H](O)[C@H](Cc1ccc(OCc2ccc3ccccc3n2)cc1)NC(=O)O[C@H]1CO[C@H]2OCC[C@H]21)S(=O)(=O)c1ccc2c(c1)OCO2. The van der Waals surface area contributed by atoms with Crippen molar-refractivity contribution in [1.82, 2.24) is 14.6 Å². The number of fused-ring (bicyclic) bond motifs is 3. The number of aliphatic hydroxyl groups excluding tert-OH is 1. The van der Waals surface area contributed by atoms with Crippen molar-refractivity contribution in [2.24, 2.45) is 11.8 Å². The lowest BCUT2D eigenvalue weighted by molar-refractivity contribution is -0.0907. The molecule has 2 N–H and O–H groups in total. The van der Waals surface area contributed by atoms with Gasteiger partial charge in [0.15, 0.2) is 17.8 Å². The lowest BCUT2D eigenvalue weighted by Crippen LogP contribution is -2.51. The number of nitrogens with one attached hydrogen (secondary N) is 1. The number of hydrogen-bond donors (Lipinski definition) is 2. The maximum absolute atomic E-state index is 14.0. The zero-order chi connectivity index (χ0) is 36.2. The van der Waals surface area contributed by atoms with Gasteiger partial charge in [-0.2, -0.15) is 4.31 Å². The second-order valence-electron chi connectivity index (χ2n) is 13.6. The zero-order valence-electron chi connectivity index (χ0n) is 29.1. The Labute approximate surface area is 302 Å². The summed E-state index contributed by atoms with van der Waals surface area (Å²) in [5.41, 5.74) is 2.46. The largest absolute Gasteiger partial charge is 0.487 e. The van der Waals surface area contributed by atoms with Crippen molar-refractivity contribution in [3.8, 4) is 17.2 Å². The highest BCUT2D eigenvalue weighted by Crippen LogP contribution is 2.35. The fourth-order valence-electron chi connectivity index (χ4n) is 6.68. The fraction of sp³-hybridized carbons (Fsp3) is 0.421. The number of pyridine rings is 1. The Balaban J connectivity index is 1.06. The highest BCUT2D eigenvalue weighted by Gasteiger charge is 2.44. The molecule has 14 heteroatoms. The summed E-state index contributed by atoms with van der Waals surface area (Å²) in [5, 5.41) is 15.6. The number of benzene rings is 3. The molecule has 1 aromatic heterocycles. The maximum Gasteiger partial charge on any atom is 0.407 e. The summed E-state index contributed by atoms with van der Waals surface area (Å²) in [5.74, 6) is 1.28. The first kappa shape index (κ1) is 35.9. The quantitative estimate of drug-likeness (QED) is 0.186. The number of hydrogen-bond acceptors (Lipinski definition) is 11. The first-order valence-electron chi connectivity index (χ1n) is 17.5. The summed E-state index contributed by atoms with van der Waals surface area (Å²) < 4.78 is 62.9. The molecule has 7 rings (SSSR count). The molecule has 0 bridgehead atoms. The van der Waals surface area contributed by atoms with Crippen LogP contribution >= 0.6 is 0 Å². The number of nitrogens with zero attached hydrogens (tertiary/aromatic N) is 2. The van der Waals surface area contributed by atoms with Gasteiger partial charge in [-0.1, -0.05) is 50.2 Å². The Hall–Kier alpha value is -4.47. The molecule has 5 atom stereocenters. The third-order valence-corrected chi connectivity index (χ3v) is 11.2. The molecule has 13 nitrogen and oxygen atoms in total. The number of aromatic nitrogens is 1. The molecule has 4 heterocycles. The minimum absolute atomic E-state index is 0.00682. The normalized spacial score (nSPS) is 20.6. The Morgan fingerprint density at radius 3 is 2.63 bits per heavy atom. The van der Waals surface area contributed by atoms with Gasteiger partial charge in [0.1, 0.15) is 18.5 Å². The molecular weight excluding hydrogens is 690 g/mol. The number of amides is 1. The van der Waals surface area contributed by atoms with Crippen LogP contribution in [0.1, 0.15) is 31.5 Å². The van der Waals surface area contributed by atoms with E-state index in [0.29, 0.717) is 30.3 Å². The van der Waals surface area contributed by atoms with E-state index in [9.17, 15) is 18.3 Å². The average molecular weight is 734 g/mol. The number of carbonyl (C=O) groups excluding carboxylic acids is 1. The monoisotopic (exact) mass is 733 g/mol. The summed E-state index contributed by atoms with van der Waals surface area (Å²) in [6.45, 7) is 4.65. The first-order chi connectivity index (χ1) is 25.1. The zero-order valence-corrected chi connectivity index (χ0v) is 29.9.